The highest BCUT2D eigenvalue weighted by molar-refractivity contribution is 6.10. The van der Waals surface area contributed by atoms with Crippen molar-refractivity contribution in [2.24, 2.45) is 0 Å². The summed E-state index contributed by atoms with van der Waals surface area (Å²) in [6.45, 7) is 4.56. The van der Waals surface area contributed by atoms with Gasteiger partial charge in [-0.15, -0.1) is 0 Å². The molecule has 5 rings (SSSR count). The van der Waals surface area contributed by atoms with Crippen molar-refractivity contribution in [3.8, 4) is 11.5 Å². The lowest BCUT2D eigenvalue weighted by atomic mass is 10.1. The molecule has 2 aromatic heterocycles. The summed E-state index contributed by atoms with van der Waals surface area (Å²) < 4.78 is 36.3. The van der Waals surface area contributed by atoms with Gasteiger partial charge in [0.25, 0.3) is 17.4 Å². The van der Waals surface area contributed by atoms with Crippen LogP contribution in [0.25, 0.3) is 10.9 Å². The molecule has 0 fully saturated rings. The first-order chi connectivity index (χ1) is 17.7. The van der Waals surface area contributed by atoms with Gasteiger partial charge in [0.15, 0.2) is 28.8 Å². The Morgan fingerprint density at radius 2 is 1.92 bits per heavy atom. The molecule has 2 amide bonds. The Labute approximate surface area is 210 Å². The second-order valence-corrected chi connectivity index (χ2v) is 9.33. The van der Waals surface area contributed by atoms with Crippen LogP contribution in [0.15, 0.2) is 16.9 Å². The van der Waals surface area contributed by atoms with Crippen molar-refractivity contribution in [3.63, 3.8) is 0 Å². The molecule has 1 unspecified atom stereocenters. The van der Waals surface area contributed by atoms with Gasteiger partial charge in [-0.3, -0.25) is 14.4 Å². The van der Waals surface area contributed by atoms with Crippen molar-refractivity contribution in [1.29, 1.82) is 0 Å². The summed E-state index contributed by atoms with van der Waals surface area (Å²) in [7, 11) is 0. The summed E-state index contributed by atoms with van der Waals surface area (Å²) in [5.74, 6) is -3.75. The zero-order chi connectivity index (χ0) is 26.4. The van der Waals surface area contributed by atoms with Crippen LogP contribution >= 0.6 is 0 Å². The molecule has 3 aromatic rings. The van der Waals surface area contributed by atoms with E-state index in [4.69, 9.17) is 4.74 Å². The Bertz CT molecular complexity index is 1480. The molecule has 2 aliphatic rings. The standard InChI is InChI=1S/C25H27F2N5O5/c1-3-30-11-13(2)32-20-18(22(33)21(32)25(30)36)24(35)31-12-14-9-15(26)16(27)10-17(14)37-8-6-4-5-7-28-23(34)19(20)29-31/h9-10,13,33H,3-8,11-12H2,1-2H3,(H,28,34). The van der Waals surface area contributed by atoms with Crippen molar-refractivity contribution in [2.45, 2.75) is 45.7 Å². The van der Waals surface area contributed by atoms with Crippen LogP contribution in [-0.4, -0.2) is 62.4 Å². The van der Waals surface area contributed by atoms with Crippen molar-refractivity contribution in [1.82, 2.24) is 24.6 Å². The number of nitrogens with one attached hydrogen (secondary N) is 1. The van der Waals surface area contributed by atoms with Gasteiger partial charge in [-0.1, -0.05) is 0 Å². The first kappa shape index (κ1) is 24.7. The fourth-order valence-electron chi connectivity index (χ4n) is 5.03. The third-order valence-electron chi connectivity index (χ3n) is 6.87. The molecule has 12 heteroatoms. The normalized spacial score (nSPS) is 18.6. The van der Waals surface area contributed by atoms with E-state index in [9.17, 15) is 28.3 Å². The van der Waals surface area contributed by atoms with Crippen LogP contribution in [-0.2, 0) is 6.54 Å². The summed E-state index contributed by atoms with van der Waals surface area (Å²) >= 11 is 0. The molecule has 196 valence electrons. The monoisotopic (exact) mass is 515 g/mol. The minimum atomic E-state index is -1.13. The maximum Gasteiger partial charge on any atom is 0.280 e. The number of aromatic nitrogens is 3. The van der Waals surface area contributed by atoms with Gasteiger partial charge >= 0.3 is 0 Å². The van der Waals surface area contributed by atoms with Gasteiger partial charge < -0.3 is 24.6 Å². The number of aromatic hydroxyl groups is 1. The molecule has 37 heavy (non-hydrogen) atoms. The highest BCUT2D eigenvalue weighted by Gasteiger charge is 2.37. The molecule has 0 saturated heterocycles. The van der Waals surface area contributed by atoms with E-state index in [2.05, 4.69) is 10.4 Å². The van der Waals surface area contributed by atoms with Crippen LogP contribution < -0.4 is 15.6 Å². The molecule has 0 aliphatic carbocycles. The van der Waals surface area contributed by atoms with Gasteiger partial charge in [0.05, 0.1) is 18.7 Å². The predicted octanol–water partition coefficient (Wildman–Crippen LogP) is 2.56. The number of fused-ring (bicyclic) bond motifs is 7. The van der Waals surface area contributed by atoms with E-state index in [0.29, 0.717) is 38.9 Å². The minimum Gasteiger partial charge on any atom is -0.505 e. The quantitative estimate of drug-likeness (QED) is 0.514. The first-order valence-electron chi connectivity index (χ1n) is 12.3. The van der Waals surface area contributed by atoms with E-state index >= 15 is 0 Å². The molecule has 2 aliphatic heterocycles. The van der Waals surface area contributed by atoms with Gasteiger partial charge in [0.1, 0.15) is 11.1 Å². The van der Waals surface area contributed by atoms with E-state index < -0.39 is 34.8 Å². The largest absolute Gasteiger partial charge is 0.505 e. The number of hydrogen-bond donors (Lipinski definition) is 2. The highest BCUT2D eigenvalue weighted by atomic mass is 19.2. The molecule has 0 spiro atoms. The predicted molar refractivity (Wildman–Crippen MR) is 129 cm³/mol. The number of ether oxygens (including phenoxy) is 1. The van der Waals surface area contributed by atoms with Crippen molar-refractivity contribution in [3.05, 3.63) is 51.1 Å². The Kier molecular flexibility index (Phi) is 6.34. The number of nitrogens with zero attached hydrogens (tertiary/aromatic N) is 4. The summed E-state index contributed by atoms with van der Waals surface area (Å²) in [6.07, 6.45) is 1.96. The summed E-state index contributed by atoms with van der Waals surface area (Å²) in [6, 6.07) is 1.49. The zero-order valence-corrected chi connectivity index (χ0v) is 20.5. The average molecular weight is 516 g/mol. The van der Waals surface area contributed by atoms with E-state index in [1.165, 1.54) is 4.57 Å². The van der Waals surface area contributed by atoms with Crippen LogP contribution in [0.4, 0.5) is 8.78 Å². The minimum absolute atomic E-state index is 0.0542. The van der Waals surface area contributed by atoms with Crippen LogP contribution in [0, 0.1) is 11.6 Å². The summed E-state index contributed by atoms with van der Waals surface area (Å²) in [4.78, 5) is 41.6. The Morgan fingerprint density at radius 1 is 1.16 bits per heavy atom. The van der Waals surface area contributed by atoms with Gasteiger partial charge in [0.2, 0.25) is 0 Å². The maximum atomic E-state index is 14.2. The van der Waals surface area contributed by atoms with Gasteiger partial charge in [-0.2, -0.15) is 5.10 Å². The van der Waals surface area contributed by atoms with Gasteiger partial charge in [0, 0.05) is 37.3 Å². The Balaban J connectivity index is 1.79. The molecule has 0 saturated carbocycles. The average Bonchev–Trinajstić information content (AvgIpc) is 3.18. The third kappa shape index (κ3) is 4.09. The fraction of sp³-hybridized carbons (Fsp3) is 0.440. The van der Waals surface area contributed by atoms with E-state index in [1.807, 2.05) is 13.8 Å². The van der Waals surface area contributed by atoms with Crippen LogP contribution in [0.5, 0.6) is 11.5 Å². The summed E-state index contributed by atoms with van der Waals surface area (Å²) in [5.41, 5.74) is -0.811. The Morgan fingerprint density at radius 3 is 2.68 bits per heavy atom. The van der Waals surface area contributed by atoms with Crippen LogP contribution in [0.1, 0.15) is 65.7 Å². The first-order valence-corrected chi connectivity index (χ1v) is 12.3. The van der Waals surface area contributed by atoms with Crippen molar-refractivity contribution < 1.29 is 28.2 Å². The molecule has 2 N–H and O–H groups in total. The molecular formula is C25H27F2N5O5. The van der Waals surface area contributed by atoms with Gasteiger partial charge in [-0.25, -0.2) is 13.5 Å². The van der Waals surface area contributed by atoms with Gasteiger partial charge in [-0.05, 0) is 39.2 Å². The molecular weight excluding hydrogens is 488 g/mol. The number of rotatable bonds is 1. The lowest BCUT2D eigenvalue weighted by molar-refractivity contribution is 0.0685. The topological polar surface area (TPSA) is 119 Å². The SMILES string of the molecule is CCN1CC(C)n2c(c(O)c3c(=O)n4nc(c32)C(=O)NCCCCCOc2cc(F)c(F)cc2C4)C1=O. The maximum absolute atomic E-state index is 14.2. The molecule has 1 aromatic carbocycles. The second kappa shape index (κ2) is 9.49. The number of carbonyl (C=O) groups excluding carboxylic acids is 2. The number of halogens is 2. The number of carbonyl (C=O) groups is 2. The van der Waals surface area contributed by atoms with Crippen LogP contribution in [0.2, 0.25) is 0 Å². The molecule has 1 atom stereocenters. The number of likely N-dealkylation sites (N-methyl/N-ethyl adjacent to an activating group) is 1. The summed E-state index contributed by atoms with van der Waals surface area (Å²) in [5, 5.41) is 18.0. The Hall–Kier alpha value is -3.96. The number of amides is 2. The van der Waals surface area contributed by atoms with E-state index in [1.54, 1.807) is 4.90 Å². The number of benzene rings is 1. The van der Waals surface area contributed by atoms with Crippen molar-refractivity contribution >= 4 is 22.7 Å². The van der Waals surface area contributed by atoms with Crippen molar-refractivity contribution in [2.75, 3.05) is 26.2 Å². The molecule has 2 bridgehead atoms. The lowest BCUT2D eigenvalue weighted by Crippen LogP contribution is -2.42. The fourth-order valence-corrected chi connectivity index (χ4v) is 5.03. The van der Waals surface area contributed by atoms with E-state index in [-0.39, 0.29) is 52.8 Å². The van der Waals surface area contributed by atoms with E-state index in [0.717, 1.165) is 16.8 Å². The molecule has 0 radical (unpaired) electrons. The molecule has 10 nitrogen and oxygen atoms in total. The highest BCUT2D eigenvalue weighted by Crippen LogP contribution is 2.38. The van der Waals surface area contributed by atoms with Crippen LogP contribution in [0.3, 0.4) is 0 Å². The zero-order valence-electron chi connectivity index (χ0n) is 20.5. The third-order valence-corrected chi connectivity index (χ3v) is 6.87. The molecule has 4 heterocycles. The second-order valence-electron chi connectivity index (χ2n) is 9.33. The smallest absolute Gasteiger partial charge is 0.280 e. The lowest BCUT2D eigenvalue weighted by Gasteiger charge is -2.32. The number of hydrogen-bond acceptors (Lipinski definition) is 6.